The molecule has 0 aliphatic carbocycles. The van der Waals surface area contributed by atoms with E-state index in [1.165, 1.54) is 103 Å². The first-order chi connectivity index (χ1) is 28.0. The molecule has 0 rings (SSSR count). The summed E-state index contributed by atoms with van der Waals surface area (Å²) in [6, 6.07) is 0. The van der Waals surface area contributed by atoms with Crippen molar-refractivity contribution in [1.82, 2.24) is 0 Å². The number of hydrogen-bond acceptors (Lipinski definition) is 6. The maximum Gasteiger partial charge on any atom is 0.306 e. The van der Waals surface area contributed by atoms with Gasteiger partial charge in [-0.2, -0.15) is 0 Å². The van der Waals surface area contributed by atoms with E-state index in [-0.39, 0.29) is 37.5 Å². The zero-order valence-electron chi connectivity index (χ0n) is 37.3. The Labute approximate surface area is 351 Å². The first-order valence-electron chi connectivity index (χ1n) is 23.8. The lowest BCUT2D eigenvalue weighted by atomic mass is 10.0. The largest absolute Gasteiger partial charge is 0.462 e. The summed E-state index contributed by atoms with van der Waals surface area (Å²) in [6.45, 7) is 6.39. The van der Waals surface area contributed by atoms with E-state index < -0.39 is 6.10 Å². The molecule has 0 aromatic heterocycles. The van der Waals surface area contributed by atoms with Gasteiger partial charge in [-0.3, -0.25) is 14.4 Å². The van der Waals surface area contributed by atoms with E-state index in [1.807, 2.05) is 0 Å². The summed E-state index contributed by atoms with van der Waals surface area (Å²) in [6.07, 6.45) is 55.1. The van der Waals surface area contributed by atoms with E-state index in [0.29, 0.717) is 19.3 Å². The Balaban J connectivity index is 4.38. The van der Waals surface area contributed by atoms with Crippen molar-refractivity contribution in [2.45, 2.75) is 232 Å². The van der Waals surface area contributed by atoms with Crippen LogP contribution >= 0.6 is 0 Å². The highest BCUT2D eigenvalue weighted by Crippen LogP contribution is 2.15. The molecule has 1 atom stereocenters. The van der Waals surface area contributed by atoms with Gasteiger partial charge in [0, 0.05) is 19.3 Å². The number of unbranched alkanes of at least 4 members (excludes halogenated alkanes) is 22. The predicted molar refractivity (Wildman–Crippen MR) is 242 cm³/mol. The van der Waals surface area contributed by atoms with Gasteiger partial charge in [0.1, 0.15) is 13.2 Å². The van der Waals surface area contributed by atoms with Crippen LogP contribution in [0.15, 0.2) is 60.8 Å². The zero-order valence-corrected chi connectivity index (χ0v) is 37.3. The molecule has 328 valence electrons. The van der Waals surface area contributed by atoms with E-state index in [2.05, 4.69) is 81.5 Å². The van der Waals surface area contributed by atoms with E-state index in [1.54, 1.807) is 0 Å². The third-order valence-electron chi connectivity index (χ3n) is 10.0. The lowest BCUT2D eigenvalue weighted by molar-refractivity contribution is -0.167. The van der Waals surface area contributed by atoms with Gasteiger partial charge in [0.05, 0.1) is 0 Å². The van der Waals surface area contributed by atoms with Crippen LogP contribution < -0.4 is 0 Å². The predicted octanol–water partition coefficient (Wildman–Crippen LogP) is 15.3. The molecule has 0 aliphatic rings. The molecule has 0 aromatic rings. The van der Waals surface area contributed by atoms with E-state index >= 15 is 0 Å². The topological polar surface area (TPSA) is 78.9 Å². The van der Waals surface area contributed by atoms with Crippen molar-refractivity contribution in [2.24, 2.45) is 0 Å². The maximum atomic E-state index is 12.7. The van der Waals surface area contributed by atoms with Crippen LogP contribution in [0.25, 0.3) is 0 Å². The Hall–Kier alpha value is -2.89. The number of allylic oxidation sites excluding steroid dienone is 10. The maximum absolute atomic E-state index is 12.7. The molecule has 6 nitrogen and oxygen atoms in total. The molecule has 0 saturated carbocycles. The van der Waals surface area contributed by atoms with Crippen molar-refractivity contribution >= 4 is 17.9 Å². The number of esters is 3. The minimum Gasteiger partial charge on any atom is -0.462 e. The van der Waals surface area contributed by atoms with Gasteiger partial charge < -0.3 is 14.2 Å². The smallest absolute Gasteiger partial charge is 0.306 e. The minimum atomic E-state index is -0.807. The molecule has 0 heterocycles. The molecular formula is C51H88O6. The first-order valence-corrected chi connectivity index (χ1v) is 23.8. The molecular weight excluding hydrogens is 709 g/mol. The van der Waals surface area contributed by atoms with Gasteiger partial charge in [0.2, 0.25) is 0 Å². The van der Waals surface area contributed by atoms with E-state index in [0.717, 1.165) is 77.0 Å². The Kier molecular flexibility index (Phi) is 43.5. The summed E-state index contributed by atoms with van der Waals surface area (Å²) in [5.41, 5.74) is 0. The van der Waals surface area contributed by atoms with Gasteiger partial charge in [-0.05, 0) is 64.2 Å². The van der Waals surface area contributed by atoms with Crippen LogP contribution in [-0.2, 0) is 28.6 Å². The fraction of sp³-hybridized carbons (Fsp3) is 0.745. The SMILES string of the molecule is CC/C=C\C/C=C\C/C=C\CCCC(=O)OC(COC(=O)CCCCC/C=C\C=C/CCCC)COC(=O)CCCCCCCCCCCCCCCCCCC. The Bertz CT molecular complexity index is 1050. The van der Waals surface area contributed by atoms with Crippen LogP contribution in [0, 0.1) is 0 Å². The van der Waals surface area contributed by atoms with Crippen LogP contribution in [-0.4, -0.2) is 37.2 Å². The summed E-state index contributed by atoms with van der Waals surface area (Å²) in [4.78, 5) is 37.7. The van der Waals surface area contributed by atoms with Crippen molar-refractivity contribution in [3.8, 4) is 0 Å². The molecule has 0 fully saturated rings. The Morgan fingerprint density at radius 3 is 1.26 bits per heavy atom. The number of hydrogen-bond donors (Lipinski definition) is 0. The van der Waals surface area contributed by atoms with Crippen LogP contribution in [0.4, 0.5) is 0 Å². The number of rotatable bonds is 42. The standard InChI is InChI=1S/C51H88O6/c1-4-7-10-13-16-19-22-23-24-25-26-27-30-32-35-38-41-44-50(53)56-47-48(57-51(54)45-42-39-36-33-29-21-18-15-12-9-6-3)46-55-49(52)43-40-37-34-31-28-20-17-14-11-8-5-2/h9,12,14,17-18,20-21,28,33,36,48H,4-8,10-11,13,15-16,19,22-27,29-32,34-35,37-47H2,1-3H3/b12-9-,17-14-,21-18-,28-20-,36-33-. The Morgan fingerprint density at radius 2 is 0.772 bits per heavy atom. The number of carbonyl (C=O) groups excluding carboxylic acids is 3. The second-order valence-corrected chi connectivity index (χ2v) is 15.7. The quantitative estimate of drug-likeness (QED) is 0.0201. The average molecular weight is 797 g/mol. The molecule has 0 N–H and O–H groups in total. The first kappa shape index (κ1) is 54.1. The fourth-order valence-corrected chi connectivity index (χ4v) is 6.44. The van der Waals surface area contributed by atoms with Crippen LogP contribution in [0.1, 0.15) is 226 Å². The summed E-state index contributed by atoms with van der Waals surface area (Å²) in [5.74, 6) is -0.986. The van der Waals surface area contributed by atoms with Gasteiger partial charge in [-0.15, -0.1) is 0 Å². The van der Waals surface area contributed by atoms with Gasteiger partial charge >= 0.3 is 17.9 Å². The molecule has 0 saturated heterocycles. The van der Waals surface area contributed by atoms with E-state index in [9.17, 15) is 14.4 Å². The van der Waals surface area contributed by atoms with Crippen molar-refractivity contribution in [1.29, 1.82) is 0 Å². The van der Waals surface area contributed by atoms with E-state index in [4.69, 9.17) is 14.2 Å². The molecule has 57 heavy (non-hydrogen) atoms. The zero-order chi connectivity index (χ0) is 41.5. The normalized spacial score (nSPS) is 12.5. The molecule has 6 heteroatoms. The number of carbonyl (C=O) groups is 3. The van der Waals surface area contributed by atoms with Crippen molar-refractivity contribution in [2.75, 3.05) is 13.2 Å². The number of ether oxygens (including phenoxy) is 3. The van der Waals surface area contributed by atoms with Crippen LogP contribution in [0.5, 0.6) is 0 Å². The Morgan fingerprint density at radius 1 is 0.386 bits per heavy atom. The van der Waals surface area contributed by atoms with Crippen molar-refractivity contribution in [3.63, 3.8) is 0 Å². The third-order valence-corrected chi connectivity index (χ3v) is 10.0. The second kappa shape index (κ2) is 45.8. The fourth-order valence-electron chi connectivity index (χ4n) is 6.44. The lowest BCUT2D eigenvalue weighted by Gasteiger charge is -2.18. The summed E-state index contributed by atoms with van der Waals surface area (Å²) >= 11 is 0. The van der Waals surface area contributed by atoms with Crippen LogP contribution in [0.3, 0.4) is 0 Å². The highest BCUT2D eigenvalue weighted by Gasteiger charge is 2.19. The molecule has 1 unspecified atom stereocenters. The monoisotopic (exact) mass is 797 g/mol. The highest BCUT2D eigenvalue weighted by molar-refractivity contribution is 5.71. The van der Waals surface area contributed by atoms with Gasteiger partial charge in [0.25, 0.3) is 0 Å². The van der Waals surface area contributed by atoms with Crippen LogP contribution in [0.2, 0.25) is 0 Å². The lowest BCUT2D eigenvalue weighted by Crippen LogP contribution is -2.30. The average Bonchev–Trinajstić information content (AvgIpc) is 3.21. The van der Waals surface area contributed by atoms with Gasteiger partial charge in [-0.1, -0.05) is 204 Å². The molecule has 0 radical (unpaired) electrons. The molecule has 0 aromatic carbocycles. The van der Waals surface area contributed by atoms with Crippen molar-refractivity contribution in [3.05, 3.63) is 60.8 Å². The van der Waals surface area contributed by atoms with Crippen molar-refractivity contribution < 1.29 is 28.6 Å². The molecule has 0 aliphatic heterocycles. The molecule has 0 amide bonds. The molecule has 0 bridgehead atoms. The minimum absolute atomic E-state index is 0.101. The second-order valence-electron chi connectivity index (χ2n) is 15.7. The molecule has 0 spiro atoms. The van der Waals surface area contributed by atoms with Gasteiger partial charge in [-0.25, -0.2) is 0 Å². The highest BCUT2D eigenvalue weighted by atomic mass is 16.6. The third kappa shape index (κ3) is 44.1. The summed E-state index contributed by atoms with van der Waals surface area (Å²) in [5, 5.41) is 0. The summed E-state index contributed by atoms with van der Waals surface area (Å²) < 4.78 is 16.6. The van der Waals surface area contributed by atoms with Gasteiger partial charge in [0.15, 0.2) is 6.10 Å². The summed E-state index contributed by atoms with van der Waals surface area (Å²) in [7, 11) is 0.